The van der Waals surface area contributed by atoms with Crippen LogP contribution in [0.1, 0.15) is 277 Å². The van der Waals surface area contributed by atoms with Crippen molar-refractivity contribution in [2.75, 3.05) is 13.2 Å². The van der Waals surface area contributed by atoms with Crippen molar-refractivity contribution in [3.8, 4) is 0 Å². The molecule has 0 rings (SSSR count). The molecule has 0 fully saturated rings. The maximum Gasteiger partial charge on any atom is 0.305 e. The van der Waals surface area contributed by atoms with Crippen molar-refractivity contribution in [2.24, 2.45) is 0 Å². The molecule has 0 spiro atoms. The Morgan fingerprint density at radius 1 is 0.436 bits per heavy atom. The Morgan fingerprint density at radius 3 is 1.11 bits per heavy atom. The second kappa shape index (κ2) is 45.6. The maximum atomic E-state index is 12.4. The molecule has 6 heteroatoms. The SMILES string of the molecule is CCCCCCCCCCCCCCCCCCC(O)C(CO)NC(=O)CCCCCCCCCCCCOC(=O)CCCCCCCCCCCCCC. The molecule has 0 aliphatic carbocycles. The first-order valence-electron chi connectivity index (χ1n) is 24.8. The zero-order chi connectivity index (χ0) is 40.1. The number of aliphatic hydroxyl groups excluding tert-OH is 2. The highest BCUT2D eigenvalue weighted by molar-refractivity contribution is 5.76. The molecule has 0 saturated heterocycles. The number of esters is 1. The van der Waals surface area contributed by atoms with Crippen LogP contribution in [-0.4, -0.2) is 47.4 Å². The Morgan fingerprint density at radius 2 is 0.745 bits per heavy atom. The second-order valence-corrected chi connectivity index (χ2v) is 17.2. The van der Waals surface area contributed by atoms with Gasteiger partial charge >= 0.3 is 5.97 Å². The van der Waals surface area contributed by atoms with Gasteiger partial charge in [-0.15, -0.1) is 0 Å². The van der Waals surface area contributed by atoms with Gasteiger partial charge in [0.1, 0.15) is 0 Å². The molecule has 0 radical (unpaired) electrons. The van der Waals surface area contributed by atoms with Gasteiger partial charge in [0.25, 0.3) is 0 Å². The first-order chi connectivity index (χ1) is 27.0. The quantitative estimate of drug-likeness (QED) is 0.0422. The minimum Gasteiger partial charge on any atom is -0.466 e. The molecule has 3 N–H and O–H groups in total. The fraction of sp³-hybridized carbons (Fsp3) is 0.959. The van der Waals surface area contributed by atoms with Gasteiger partial charge in [-0.1, -0.05) is 239 Å². The topological polar surface area (TPSA) is 95.9 Å². The van der Waals surface area contributed by atoms with Gasteiger partial charge in [-0.25, -0.2) is 0 Å². The van der Waals surface area contributed by atoms with E-state index in [0.717, 1.165) is 57.8 Å². The van der Waals surface area contributed by atoms with Crippen molar-refractivity contribution in [3.05, 3.63) is 0 Å². The van der Waals surface area contributed by atoms with E-state index in [1.807, 2.05) is 0 Å². The number of amides is 1. The van der Waals surface area contributed by atoms with Gasteiger partial charge < -0.3 is 20.3 Å². The molecule has 0 heterocycles. The van der Waals surface area contributed by atoms with E-state index in [9.17, 15) is 19.8 Å². The average Bonchev–Trinajstić information content (AvgIpc) is 3.18. The second-order valence-electron chi connectivity index (χ2n) is 17.2. The molecule has 0 saturated carbocycles. The summed E-state index contributed by atoms with van der Waals surface area (Å²) in [6.07, 6.45) is 49.2. The van der Waals surface area contributed by atoms with E-state index < -0.39 is 12.1 Å². The van der Waals surface area contributed by atoms with Crippen molar-refractivity contribution < 1.29 is 24.5 Å². The molecule has 0 aromatic rings. The van der Waals surface area contributed by atoms with Crippen molar-refractivity contribution >= 4 is 11.9 Å². The highest BCUT2D eigenvalue weighted by Crippen LogP contribution is 2.17. The van der Waals surface area contributed by atoms with E-state index in [1.165, 1.54) is 186 Å². The van der Waals surface area contributed by atoms with E-state index in [4.69, 9.17) is 4.74 Å². The molecule has 328 valence electrons. The van der Waals surface area contributed by atoms with Crippen LogP contribution in [-0.2, 0) is 14.3 Å². The molecule has 2 unspecified atom stereocenters. The van der Waals surface area contributed by atoms with Gasteiger partial charge in [0.15, 0.2) is 0 Å². The van der Waals surface area contributed by atoms with Crippen LogP contribution >= 0.6 is 0 Å². The first-order valence-corrected chi connectivity index (χ1v) is 24.8. The third-order valence-electron chi connectivity index (χ3n) is 11.7. The summed E-state index contributed by atoms with van der Waals surface area (Å²) in [6, 6.07) is -0.556. The summed E-state index contributed by atoms with van der Waals surface area (Å²) < 4.78 is 5.44. The normalized spacial score (nSPS) is 12.6. The van der Waals surface area contributed by atoms with Crippen molar-refractivity contribution in [3.63, 3.8) is 0 Å². The smallest absolute Gasteiger partial charge is 0.305 e. The summed E-state index contributed by atoms with van der Waals surface area (Å²) in [4.78, 5) is 24.4. The fourth-order valence-electron chi connectivity index (χ4n) is 7.82. The van der Waals surface area contributed by atoms with Crippen LogP contribution in [0.2, 0.25) is 0 Å². The van der Waals surface area contributed by atoms with Crippen LogP contribution in [0.4, 0.5) is 0 Å². The van der Waals surface area contributed by atoms with Crippen LogP contribution in [0.15, 0.2) is 0 Å². The molecule has 0 aliphatic rings. The predicted molar refractivity (Wildman–Crippen MR) is 237 cm³/mol. The standard InChI is InChI=1S/C49H97NO5/c1-3-5-7-9-11-13-15-17-18-19-20-21-25-29-33-37-41-47(52)46(45-51)50-48(53)42-38-34-30-26-23-24-28-32-36-40-44-55-49(54)43-39-35-31-27-22-16-14-12-10-8-6-4-2/h46-47,51-52H,3-45H2,1-2H3,(H,50,53). The fourth-order valence-corrected chi connectivity index (χ4v) is 7.82. The zero-order valence-electron chi connectivity index (χ0n) is 37.2. The average molecular weight is 780 g/mol. The summed E-state index contributed by atoms with van der Waals surface area (Å²) in [5.74, 6) is -0.0730. The maximum absolute atomic E-state index is 12.4. The lowest BCUT2D eigenvalue weighted by Gasteiger charge is -2.22. The van der Waals surface area contributed by atoms with Gasteiger partial charge in [0.2, 0.25) is 5.91 Å². The number of ether oxygens (including phenoxy) is 1. The highest BCUT2D eigenvalue weighted by Gasteiger charge is 2.20. The Balaban J connectivity index is 3.48. The largest absolute Gasteiger partial charge is 0.466 e. The summed E-state index contributed by atoms with van der Waals surface area (Å²) in [5.41, 5.74) is 0. The van der Waals surface area contributed by atoms with Gasteiger partial charge in [-0.3, -0.25) is 9.59 Å². The molecule has 6 nitrogen and oxygen atoms in total. The predicted octanol–water partition coefficient (Wildman–Crippen LogP) is 14.4. The first kappa shape index (κ1) is 53.9. The molecule has 0 aliphatic heterocycles. The number of nitrogens with one attached hydrogen (secondary N) is 1. The van der Waals surface area contributed by atoms with E-state index in [2.05, 4.69) is 19.2 Å². The van der Waals surface area contributed by atoms with Crippen LogP contribution < -0.4 is 5.32 Å². The Kier molecular flexibility index (Phi) is 44.6. The molecular weight excluding hydrogens is 683 g/mol. The number of hydrogen-bond donors (Lipinski definition) is 3. The summed E-state index contributed by atoms with van der Waals surface area (Å²) in [5, 5.41) is 23.2. The van der Waals surface area contributed by atoms with Crippen LogP contribution in [0.3, 0.4) is 0 Å². The van der Waals surface area contributed by atoms with Crippen molar-refractivity contribution in [1.29, 1.82) is 0 Å². The number of hydrogen-bond acceptors (Lipinski definition) is 5. The number of unbranched alkanes of at least 4 members (excludes halogenated alkanes) is 35. The highest BCUT2D eigenvalue weighted by atomic mass is 16.5. The summed E-state index contributed by atoms with van der Waals surface area (Å²) in [6.45, 7) is 4.91. The van der Waals surface area contributed by atoms with Crippen molar-refractivity contribution in [1.82, 2.24) is 5.32 Å². The minimum absolute atomic E-state index is 0.0175. The van der Waals surface area contributed by atoms with Gasteiger partial charge in [-0.2, -0.15) is 0 Å². The van der Waals surface area contributed by atoms with E-state index in [-0.39, 0.29) is 18.5 Å². The lowest BCUT2D eigenvalue weighted by atomic mass is 10.0. The number of rotatable bonds is 46. The van der Waals surface area contributed by atoms with Crippen molar-refractivity contribution in [2.45, 2.75) is 289 Å². The Bertz CT molecular complexity index is 776. The minimum atomic E-state index is -0.676. The lowest BCUT2D eigenvalue weighted by molar-refractivity contribution is -0.143. The number of carbonyl (C=O) groups is 2. The lowest BCUT2D eigenvalue weighted by Crippen LogP contribution is -2.45. The molecule has 1 amide bonds. The molecule has 0 bridgehead atoms. The molecule has 0 aromatic heterocycles. The van der Waals surface area contributed by atoms with Gasteiger partial charge in [-0.05, 0) is 25.7 Å². The third kappa shape index (κ3) is 42.3. The van der Waals surface area contributed by atoms with Crippen LogP contribution in [0.25, 0.3) is 0 Å². The van der Waals surface area contributed by atoms with Gasteiger partial charge in [0, 0.05) is 12.8 Å². The summed E-state index contributed by atoms with van der Waals surface area (Å²) >= 11 is 0. The molecule has 0 aromatic carbocycles. The third-order valence-corrected chi connectivity index (χ3v) is 11.7. The Hall–Kier alpha value is -1.14. The molecule has 55 heavy (non-hydrogen) atoms. The Labute approximate surface area is 343 Å². The van der Waals surface area contributed by atoms with Crippen LogP contribution in [0, 0.1) is 0 Å². The van der Waals surface area contributed by atoms with E-state index in [0.29, 0.717) is 25.9 Å². The monoisotopic (exact) mass is 780 g/mol. The summed E-state index contributed by atoms with van der Waals surface area (Å²) in [7, 11) is 0. The van der Waals surface area contributed by atoms with E-state index in [1.54, 1.807) is 0 Å². The molecule has 2 atom stereocenters. The number of carbonyl (C=O) groups excluding carboxylic acids is 2. The van der Waals surface area contributed by atoms with Crippen LogP contribution in [0.5, 0.6) is 0 Å². The van der Waals surface area contributed by atoms with E-state index >= 15 is 0 Å². The molecular formula is C49H97NO5. The van der Waals surface area contributed by atoms with Gasteiger partial charge in [0.05, 0.1) is 25.4 Å². The zero-order valence-corrected chi connectivity index (χ0v) is 37.2. The number of aliphatic hydroxyl groups is 2.